The first-order valence-electron chi connectivity index (χ1n) is 10.6. The molecule has 6 heteroatoms. The summed E-state index contributed by atoms with van der Waals surface area (Å²) in [6.07, 6.45) is 1.63. The molecule has 2 aromatic heterocycles. The zero-order valence-corrected chi connectivity index (χ0v) is 18.9. The van der Waals surface area contributed by atoms with E-state index < -0.39 is 0 Å². The predicted molar refractivity (Wildman–Crippen MR) is 131 cm³/mol. The number of nitrogens with zero attached hydrogens (tertiary/aromatic N) is 1. The van der Waals surface area contributed by atoms with Crippen LogP contribution in [0.2, 0.25) is 10.0 Å². The maximum atomic E-state index is 13.6. The van der Waals surface area contributed by atoms with Crippen molar-refractivity contribution in [2.45, 2.75) is 12.6 Å². The lowest BCUT2D eigenvalue weighted by Gasteiger charge is -2.26. The van der Waals surface area contributed by atoms with E-state index in [9.17, 15) is 4.79 Å². The zero-order chi connectivity index (χ0) is 22.5. The Bertz CT molecular complexity index is 1500. The molecule has 6 rings (SSSR count). The van der Waals surface area contributed by atoms with Crippen LogP contribution in [0.3, 0.4) is 0 Å². The molecular weight excluding hydrogens is 455 g/mol. The number of H-pyrrole nitrogens is 1. The average molecular weight is 473 g/mol. The number of hydrogen-bond acceptors (Lipinski definition) is 2. The second kappa shape index (κ2) is 7.84. The maximum absolute atomic E-state index is 13.6. The third-order valence-electron chi connectivity index (χ3n) is 6.18. The van der Waals surface area contributed by atoms with E-state index in [1.807, 2.05) is 71.6 Å². The van der Waals surface area contributed by atoms with Gasteiger partial charge in [0.1, 0.15) is 5.76 Å². The zero-order valence-electron chi connectivity index (χ0n) is 17.4. The van der Waals surface area contributed by atoms with E-state index in [0.717, 1.165) is 39.0 Å². The molecule has 0 radical (unpaired) electrons. The van der Waals surface area contributed by atoms with Gasteiger partial charge >= 0.3 is 0 Å². The number of furan rings is 1. The van der Waals surface area contributed by atoms with E-state index in [0.29, 0.717) is 22.2 Å². The molecule has 0 saturated carbocycles. The SMILES string of the molecule is O=C1c2ccccc2C(c2c(-c3ccc(Cl)cc3Cl)[nH]c3ccccc23)N1Cc1ccco1. The number of halogens is 2. The molecule has 1 amide bonds. The fourth-order valence-corrected chi connectivity index (χ4v) is 5.27. The van der Waals surface area contributed by atoms with Crippen LogP contribution in [0.5, 0.6) is 0 Å². The fourth-order valence-electron chi connectivity index (χ4n) is 4.77. The van der Waals surface area contributed by atoms with Crippen molar-refractivity contribution in [3.63, 3.8) is 0 Å². The number of benzene rings is 3. The first-order chi connectivity index (χ1) is 16.1. The summed E-state index contributed by atoms with van der Waals surface area (Å²) in [6, 6.07) is 24.8. The van der Waals surface area contributed by atoms with Gasteiger partial charge in [-0.3, -0.25) is 4.79 Å². The Morgan fingerprint density at radius 2 is 1.73 bits per heavy atom. The molecule has 33 heavy (non-hydrogen) atoms. The molecule has 1 aliphatic heterocycles. The van der Waals surface area contributed by atoms with Crippen LogP contribution in [0.15, 0.2) is 89.5 Å². The van der Waals surface area contributed by atoms with Crippen molar-refractivity contribution in [2.24, 2.45) is 0 Å². The lowest BCUT2D eigenvalue weighted by atomic mass is 9.93. The minimum Gasteiger partial charge on any atom is -0.467 e. The van der Waals surface area contributed by atoms with Crippen molar-refractivity contribution in [1.82, 2.24) is 9.88 Å². The molecule has 5 aromatic rings. The molecule has 0 saturated heterocycles. The van der Waals surface area contributed by atoms with Crippen LogP contribution < -0.4 is 0 Å². The Labute approximate surface area is 200 Å². The molecule has 0 fully saturated rings. The second-order valence-corrected chi connectivity index (χ2v) is 8.93. The van der Waals surface area contributed by atoms with Gasteiger partial charge in [0.25, 0.3) is 5.91 Å². The Hall–Kier alpha value is -3.47. The Morgan fingerprint density at radius 1 is 0.909 bits per heavy atom. The highest BCUT2D eigenvalue weighted by atomic mass is 35.5. The van der Waals surface area contributed by atoms with E-state index in [4.69, 9.17) is 27.6 Å². The van der Waals surface area contributed by atoms with Crippen molar-refractivity contribution in [2.75, 3.05) is 0 Å². The molecule has 1 unspecified atom stereocenters. The highest BCUT2D eigenvalue weighted by molar-refractivity contribution is 6.36. The maximum Gasteiger partial charge on any atom is 0.255 e. The molecule has 0 bridgehead atoms. The normalized spacial score (nSPS) is 15.4. The van der Waals surface area contributed by atoms with Gasteiger partial charge in [-0.15, -0.1) is 0 Å². The molecule has 3 heterocycles. The van der Waals surface area contributed by atoms with Gasteiger partial charge in [0.2, 0.25) is 0 Å². The van der Waals surface area contributed by atoms with E-state index in [1.165, 1.54) is 0 Å². The average Bonchev–Trinajstić information content (AvgIpc) is 3.52. The Balaban J connectivity index is 1.63. The quantitative estimate of drug-likeness (QED) is 0.294. The first kappa shape index (κ1) is 20.2. The van der Waals surface area contributed by atoms with Crippen molar-refractivity contribution >= 4 is 40.0 Å². The van der Waals surface area contributed by atoms with Gasteiger partial charge in [0.05, 0.1) is 29.6 Å². The number of fused-ring (bicyclic) bond motifs is 2. The largest absolute Gasteiger partial charge is 0.467 e. The van der Waals surface area contributed by atoms with Crippen molar-refractivity contribution in [3.8, 4) is 11.3 Å². The Morgan fingerprint density at radius 3 is 2.55 bits per heavy atom. The number of para-hydroxylation sites is 1. The molecule has 162 valence electrons. The minimum absolute atomic E-state index is 0.0227. The van der Waals surface area contributed by atoms with Gasteiger partial charge < -0.3 is 14.3 Å². The molecule has 1 N–H and O–H groups in total. The van der Waals surface area contributed by atoms with Crippen LogP contribution in [0.4, 0.5) is 0 Å². The van der Waals surface area contributed by atoms with Gasteiger partial charge in [-0.1, -0.05) is 59.6 Å². The number of amides is 1. The molecule has 0 spiro atoms. The van der Waals surface area contributed by atoms with Crippen molar-refractivity contribution in [3.05, 3.63) is 118 Å². The topological polar surface area (TPSA) is 49.2 Å². The van der Waals surface area contributed by atoms with E-state index in [2.05, 4.69) is 11.1 Å². The van der Waals surface area contributed by atoms with Gasteiger partial charge in [-0.05, 0) is 48.0 Å². The molecule has 3 aromatic carbocycles. The van der Waals surface area contributed by atoms with Gasteiger partial charge in [0, 0.05) is 32.6 Å². The highest BCUT2D eigenvalue weighted by Crippen LogP contribution is 2.47. The van der Waals surface area contributed by atoms with Gasteiger partial charge in [-0.25, -0.2) is 0 Å². The summed E-state index contributed by atoms with van der Waals surface area (Å²) in [6.45, 7) is 0.360. The van der Waals surface area contributed by atoms with Crippen LogP contribution in [-0.2, 0) is 6.54 Å². The molecule has 1 aliphatic rings. The van der Waals surface area contributed by atoms with E-state index in [1.54, 1.807) is 12.3 Å². The fraction of sp³-hybridized carbons (Fsp3) is 0.0741. The van der Waals surface area contributed by atoms with Crippen LogP contribution >= 0.6 is 23.2 Å². The summed E-state index contributed by atoms with van der Waals surface area (Å²) >= 11 is 12.8. The van der Waals surface area contributed by atoms with E-state index in [-0.39, 0.29) is 11.9 Å². The van der Waals surface area contributed by atoms with Crippen LogP contribution in [0, 0.1) is 0 Å². The summed E-state index contributed by atoms with van der Waals surface area (Å²) in [4.78, 5) is 19.0. The summed E-state index contributed by atoms with van der Waals surface area (Å²) in [5.74, 6) is 0.706. The number of carbonyl (C=O) groups is 1. The second-order valence-electron chi connectivity index (χ2n) is 8.09. The monoisotopic (exact) mass is 472 g/mol. The van der Waals surface area contributed by atoms with Gasteiger partial charge in [-0.2, -0.15) is 0 Å². The minimum atomic E-state index is -0.309. The number of hydrogen-bond donors (Lipinski definition) is 1. The van der Waals surface area contributed by atoms with Gasteiger partial charge in [0.15, 0.2) is 0 Å². The summed E-state index contributed by atoms with van der Waals surface area (Å²) in [7, 11) is 0. The third-order valence-corrected chi connectivity index (χ3v) is 6.73. The lowest BCUT2D eigenvalue weighted by molar-refractivity contribution is 0.0724. The van der Waals surface area contributed by atoms with Crippen molar-refractivity contribution < 1.29 is 9.21 Å². The van der Waals surface area contributed by atoms with Crippen LogP contribution in [0.25, 0.3) is 22.2 Å². The molecule has 0 aliphatic carbocycles. The Kier molecular flexibility index (Phi) is 4.79. The first-order valence-corrected chi connectivity index (χ1v) is 11.4. The third kappa shape index (κ3) is 3.26. The highest BCUT2D eigenvalue weighted by Gasteiger charge is 2.40. The lowest BCUT2D eigenvalue weighted by Crippen LogP contribution is -2.28. The number of rotatable bonds is 4. The van der Waals surface area contributed by atoms with Crippen LogP contribution in [0.1, 0.15) is 33.3 Å². The van der Waals surface area contributed by atoms with E-state index >= 15 is 0 Å². The number of carbonyl (C=O) groups excluding carboxylic acids is 1. The molecular formula is C27H18Cl2N2O2. The number of nitrogens with one attached hydrogen (secondary N) is 1. The molecule has 4 nitrogen and oxygen atoms in total. The summed E-state index contributed by atoms with van der Waals surface area (Å²) in [5, 5.41) is 2.16. The van der Waals surface area contributed by atoms with Crippen molar-refractivity contribution in [1.29, 1.82) is 0 Å². The van der Waals surface area contributed by atoms with Crippen LogP contribution in [-0.4, -0.2) is 15.8 Å². The summed E-state index contributed by atoms with van der Waals surface area (Å²) < 4.78 is 5.61. The predicted octanol–water partition coefficient (Wildman–Crippen LogP) is 7.48. The number of aromatic nitrogens is 1. The summed E-state index contributed by atoms with van der Waals surface area (Å²) in [5.41, 5.74) is 5.35. The standard InChI is InChI=1S/C27H18Cl2N2O2/c28-16-11-12-20(22(29)14-16)25-24(21-9-3-4-10-23(21)30-25)26-18-7-1-2-8-19(18)27(32)31(26)15-17-6-5-13-33-17/h1-14,26,30H,15H2. The smallest absolute Gasteiger partial charge is 0.255 e. The number of aromatic amines is 1. The molecule has 1 atom stereocenters.